The van der Waals surface area contributed by atoms with Gasteiger partial charge in [0.2, 0.25) is 0 Å². The van der Waals surface area contributed by atoms with E-state index in [0.29, 0.717) is 5.41 Å². The number of nitrogens with zero attached hydrogens (tertiary/aromatic N) is 1. The van der Waals surface area contributed by atoms with Gasteiger partial charge in [-0.1, -0.05) is 18.6 Å². The predicted molar refractivity (Wildman–Crippen MR) is 102 cm³/mol. The van der Waals surface area contributed by atoms with E-state index in [0.717, 1.165) is 45.0 Å². The van der Waals surface area contributed by atoms with Crippen molar-refractivity contribution in [2.24, 2.45) is 10.4 Å². The number of ether oxygens (including phenoxy) is 1. The van der Waals surface area contributed by atoms with Crippen LogP contribution >= 0.6 is 24.0 Å². The van der Waals surface area contributed by atoms with Gasteiger partial charge in [0.15, 0.2) is 5.96 Å². The van der Waals surface area contributed by atoms with Crippen molar-refractivity contribution in [1.82, 2.24) is 10.6 Å². The van der Waals surface area contributed by atoms with Gasteiger partial charge in [-0.2, -0.15) is 0 Å². The summed E-state index contributed by atoms with van der Waals surface area (Å²) in [6, 6.07) is 0. The third-order valence-corrected chi connectivity index (χ3v) is 4.01. The number of nitrogens with one attached hydrogen (secondary N) is 2. The Labute approximate surface area is 147 Å². The summed E-state index contributed by atoms with van der Waals surface area (Å²) in [5, 5.41) is 6.71. The fourth-order valence-electron chi connectivity index (χ4n) is 2.51. The lowest BCUT2D eigenvalue weighted by Crippen LogP contribution is -2.40. The summed E-state index contributed by atoms with van der Waals surface area (Å²) in [4.78, 5) is 4.77. The van der Waals surface area contributed by atoms with Crippen molar-refractivity contribution in [2.45, 2.75) is 46.0 Å². The van der Waals surface area contributed by atoms with E-state index < -0.39 is 0 Å². The normalized spacial score (nSPS) is 17.2. The highest BCUT2D eigenvalue weighted by Gasteiger charge is 2.36. The Hall–Kier alpha value is -0.300. The van der Waals surface area contributed by atoms with Gasteiger partial charge < -0.3 is 15.4 Å². The molecule has 0 unspecified atom stereocenters. The standard InChI is InChI=1S/C16H31N3O.HI/c1-4-6-7-12-18-15(17-5-2)19-14-16(9-8-10-16)11-13-20-3;/h4,6H,5,7-14H2,1-3H3,(H2,17,18,19);1H/b6-4+;. The average molecular weight is 409 g/mol. The van der Waals surface area contributed by atoms with Gasteiger partial charge in [-0.3, -0.25) is 4.99 Å². The zero-order valence-corrected chi connectivity index (χ0v) is 16.1. The Morgan fingerprint density at radius 1 is 1.33 bits per heavy atom. The molecule has 0 atom stereocenters. The molecule has 21 heavy (non-hydrogen) atoms. The van der Waals surface area contributed by atoms with Crippen molar-refractivity contribution in [1.29, 1.82) is 0 Å². The van der Waals surface area contributed by atoms with Crippen LogP contribution in [-0.4, -0.2) is 39.3 Å². The van der Waals surface area contributed by atoms with Crippen molar-refractivity contribution >= 4 is 29.9 Å². The maximum absolute atomic E-state index is 5.23. The van der Waals surface area contributed by atoms with E-state index in [2.05, 4.69) is 36.6 Å². The summed E-state index contributed by atoms with van der Waals surface area (Å²) in [7, 11) is 1.78. The Kier molecular flexibility index (Phi) is 12.1. The maximum atomic E-state index is 5.23. The molecule has 0 aromatic rings. The van der Waals surface area contributed by atoms with Crippen LogP contribution in [0.3, 0.4) is 0 Å². The summed E-state index contributed by atoms with van der Waals surface area (Å²) in [5.41, 5.74) is 0.391. The van der Waals surface area contributed by atoms with Crippen LogP contribution in [0.2, 0.25) is 0 Å². The highest BCUT2D eigenvalue weighted by atomic mass is 127. The molecular formula is C16H32IN3O. The molecule has 1 aliphatic carbocycles. The van der Waals surface area contributed by atoms with Gasteiger partial charge in [0.25, 0.3) is 0 Å². The van der Waals surface area contributed by atoms with E-state index in [4.69, 9.17) is 9.73 Å². The zero-order valence-electron chi connectivity index (χ0n) is 13.8. The first-order valence-corrected chi connectivity index (χ1v) is 7.88. The molecule has 2 N–H and O–H groups in total. The van der Waals surface area contributed by atoms with Crippen molar-refractivity contribution in [3.63, 3.8) is 0 Å². The van der Waals surface area contributed by atoms with Gasteiger partial charge in [-0.05, 0) is 44.9 Å². The number of halogens is 1. The van der Waals surface area contributed by atoms with Crippen LogP contribution in [0.15, 0.2) is 17.1 Å². The van der Waals surface area contributed by atoms with Gasteiger partial charge >= 0.3 is 0 Å². The molecule has 4 nitrogen and oxygen atoms in total. The Morgan fingerprint density at radius 3 is 2.62 bits per heavy atom. The molecule has 1 rings (SSSR count). The van der Waals surface area contributed by atoms with Crippen LogP contribution in [-0.2, 0) is 4.74 Å². The lowest BCUT2D eigenvalue weighted by molar-refractivity contribution is 0.0778. The quantitative estimate of drug-likeness (QED) is 0.202. The van der Waals surface area contributed by atoms with Crippen molar-refractivity contribution in [3.8, 4) is 0 Å². The van der Waals surface area contributed by atoms with Crippen molar-refractivity contribution in [3.05, 3.63) is 12.2 Å². The van der Waals surface area contributed by atoms with Crippen molar-refractivity contribution < 1.29 is 4.74 Å². The summed E-state index contributed by atoms with van der Waals surface area (Å²) in [5.74, 6) is 0.945. The SMILES string of the molecule is C/C=C/CCNC(=NCC1(CCOC)CCC1)NCC.I. The Bertz CT molecular complexity index is 315. The number of aliphatic imine (C=N–C) groups is 1. The van der Waals surface area contributed by atoms with Crippen LogP contribution in [0.5, 0.6) is 0 Å². The van der Waals surface area contributed by atoms with Gasteiger partial charge in [-0.25, -0.2) is 0 Å². The first-order valence-electron chi connectivity index (χ1n) is 7.88. The van der Waals surface area contributed by atoms with Crippen LogP contribution in [0.1, 0.15) is 46.0 Å². The van der Waals surface area contributed by atoms with Gasteiger partial charge in [0.1, 0.15) is 0 Å². The lowest BCUT2D eigenvalue weighted by Gasteiger charge is -2.40. The molecule has 5 heteroatoms. The fourth-order valence-corrected chi connectivity index (χ4v) is 2.51. The first-order chi connectivity index (χ1) is 9.76. The second-order valence-electron chi connectivity index (χ2n) is 5.58. The summed E-state index contributed by atoms with van der Waals surface area (Å²) in [6.45, 7) is 7.75. The summed E-state index contributed by atoms with van der Waals surface area (Å²) >= 11 is 0. The molecule has 0 aromatic carbocycles. The van der Waals surface area contributed by atoms with Crippen LogP contribution in [0.25, 0.3) is 0 Å². The highest BCUT2D eigenvalue weighted by molar-refractivity contribution is 14.0. The number of guanidine groups is 1. The number of rotatable bonds is 9. The van der Waals surface area contributed by atoms with Gasteiger partial charge in [-0.15, -0.1) is 24.0 Å². The first kappa shape index (κ1) is 20.7. The molecular weight excluding hydrogens is 377 g/mol. The zero-order chi connectivity index (χ0) is 14.7. The molecule has 0 heterocycles. The average Bonchev–Trinajstić information content (AvgIpc) is 2.41. The Morgan fingerprint density at radius 2 is 2.10 bits per heavy atom. The summed E-state index contributed by atoms with van der Waals surface area (Å²) < 4.78 is 5.23. The largest absolute Gasteiger partial charge is 0.385 e. The molecule has 0 saturated heterocycles. The van der Waals surface area contributed by atoms with Crippen LogP contribution in [0, 0.1) is 5.41 Å². The third kappa shape index (κ3) is 8.04. The highest BCUT2D eigenvalue weighted by Crippen LogP contribution is 2.44. The second-order valence-corrected chi connectivity index (χ2v) is 5.58. The van der Waals surface area contributed by atoms with E-state index in [1.807, 2.05) is 0 Å². The van der Waals surface area contributed by atoms with Gasteiger partial charge in [0, 0.05) is 33.4 Å². The minimum Gasteiger partial charge on any atom is -0.385 e. The smallest absolute Gasteiger partial charge is 0.191 e. The van der Waals surface area contributed by atoms with E-state index in [-0.39, 0.29) is 24.0 Å². The minimum atomic E-state index is 0. The van der Waals surface area contributed by atoms with E-state index in [1.165, 1.54) is 19.3 Å². The molecule has 1 fully saturated rings. The summed E-state index contributed by atoms with van der Waals surface area (Å²) in [6.07, 6.45) is 10.3. The predicted octanol–water partition coefficient (Wildman–Crippen LogP) is 3.33. The number of allylic oxidation sites excluding steroid dienone is 1. The molecule has 0 amide bonds. The molecule has 0 aliphatic heterocycles. The van der Waals surface area contributed by atoms with E-state index in [1.54, 1.807) is 7.11 Å². The molecule has 1 aliphatic rings. The molecule has 0 radical (unpaired) electrons. The van der Waals surface area contributed by atoms with Crippen LogP contribution < -0.4 is 10.6 Å². The number of methoxy groups -OCH3 is 1. The fraction of sp³-hybridized carbons (Fsp3) is 0.812. The lowest BCUT2D eigenvalue weighted by atomic mass is 9.67. The monoisotopic (exact) mass is 409 g/mol. The van der Waals surface area contributed by atoms with Gasteiger partial charge in [0.05, 0.1) is 0 Å². The number of hydrogen-bond acceptors (Lipinski definition) is 2. The molecule has 0 bridgehead atoms. The molecule has 0 spiro atoms. The van der Waals surface area contributed by atoms with E-state index >= 15 is 0 Å². The van der Waals surface area contributed by atoms with E-state index in [9.17, 15) is 0 Å². The second kappa shape index (κ2) is 12.3. The molecule has 0 aromatic heterocycles. The Balaban J connectivity index is 0.00000400. The van der Waals surface area contributed by atoms with Crippen molar-refractivity contribution in [2.75, 3.05) is 33.4 Å². The topological polar surface area (TPSA) is 45.7 Å². The number of hydrogen-bond donors (Lipinski definition) is 2. The van der Waals surface area contributed by atoms with Crippen LogP contribution in [0.4, 0.5) is 0 Å². The third-order valence-electron chi connectivity index (χ3n) is 4.01. The minimum absolute atomic E-state index is 0. The maximum Gasteiger partial charge on any atom is 0.191 e. The molecule has 1 saturated carbocycles. The molecule has 124 valence electrons.